The normalized spacial score (nSPS) is 23.7. The standard InChI is InChI=1S/C15H28N2O2/c1-12(11-17-7-9-19-10-8-17)16-14(18)15(2,3)13-5-4-6-13/h12-13H,4-11H2,1-3H3,(H,16,18)/t12-/m0/s1. The first-order valence-electron chi connectivity index (χ1n) is 7.61. The van der Waals surface area contributed by atoms with Gasteiger partial charge in [-0.15, -0.1) is 0 Å². The largest absolute Gasteiger partial charge is 0.379 e. The molecule has 1 aliphatic carbocycles. The van der Waals surface area contributed by atoms with Crippen LogP contribution >= 0.6 is 0 Å². The maximum Gasteiger partial charge on any atom is 0.226 e. The van der Waals surface area contributed by atoms with Gasteiger partial charge in [0.25, 0.3) is 0 Å². The van der Waals surface area contributed by atoms with E-state index in [-0.39, 0.29) is 17.4 Å². The summed E-state index contributed by atoms with van der Waals surface area (Å²) in [4.78, 5) is 14.8. The van der Waals surface area contributed by atoms with E-state index < -0.39 is 0 Å². The molecule has 0 unspecified atom stereocenters. The Morgan fingerprint density at radius 3 is 2.53 bits per heavy atom. The van der Waals surface area contributed by atoms with Crippen LogP contribution in [0.4, 0.5) is 0 Å². The second kappa shape index (κ2) is 6.23. The molecule has 1 atom stereocenters. The van der Waals surface area contributed by atoms with E-state index in [4.69, 9.17) is 4.74 Å². The molecule has 2 rings (SSSR count). The molecule has 2 fully saturated rings. The first kappa shape index (κ1) is 14.8. The summed E-state index contributed by atoms with van der Waals surface area (Å²) in [6.45, 7) is 10.8. The van der Waals surface area contributed by atoms with Crippen LogP contribution in [0.3, 0.4) is 0 Å². The van der Waals surface area contributed by atoms with Crippen LogP contribution in [0.1, 0.15) is 40.0 Å². The lowest BCUT2D eigenvalue weighted by Gasteiger charge is -2.40. The van der Waals surface area contributed by atoms with Gasteiger partial charge in [-0.05, 0) is 25.7 Å². The van der Waals surface area contributed by atoms with E-state index >= 15 is 0 Å². The highest BCUT2D eigenvalue weighted by molar-refractivity contribution is 5.82. The molecule has 1 heterocycles. The number of nitrogens with one attached hydrogen (secondary N) is 1. The summed E-state index contributed by atoms with van der Waals surface area (Å²) in [5.74, 6) is 0.793. The second-order valence-electron chi connectivity index (χ2n) is 6.64. The number of carbonyl (C=O) groups is 1. The molecule has 4 heteroatoms. The van der Waals surface area contributed by atoms with Gasteiger partial charge in [0.2, 0.25) is 5.91 Å². The van der Waals surface area contributed by atoms with E-state index in [9.17, 15) is 4.79 Å². The fourth-order valence-corrected chi connectivity index (χ4v) is 2.94. The number of hydrogen-bond donors (Lipinski definition) is 1. The van der Waals surface area contributed by atoms with Gasteiger partial charge >= 0.3 is 0 Å². The lowest BCUT2D eigenvalue weighted by atomic mass is 9.67. The Hall–Kier alpha value is -0.610. The smallest absolute Gasteiger partial charge is 0.226 e. The van der Waals surface area contributed by atoms with Crippen molar-refractivity contribution in [1.82, 2.24) is 10.2 Å². The lowest BCUT2D eigenvalue weighted by molar-refractivity contribution is -0.134. The van der Waals surface area contributed by atoms with E-state index in [0.29, 0.717) is 5.92 Å². The van der Waals surface area contributed by atoms with Gasteiger partial charge in [0.1, 0.15) is 0 Å². The summed E-state index contributed by atoms with van der Waals surface area (Å²) in [5, 5.41) is 3.20. The molecule has 0 radical (unpaired) electrons. The van der Waals surface area contributed by atoms with Crippen molar-refractivity contribution in [3.8, 4) is 0 Å². The summed E-state index contributed by atoms with van der Waals surface area (Å²) < 4.78 is 5.34. The third kappa shape index (κ3) is 3.69. The number of amides is 1. The summed E-state index contributed by atoms with van der Waals surface area (Å²) in [6, 6.07) is 0.213. The topological polar surface area (TPSA) is 41.6 Å². The molecule has 1 aliphatic heterocycles. The van der Waals surface area contributed by atoms with Crippen molar-refractivity contribution in [2.75, 3.05) is 32.8 Å². The Labute approximate surface area is 116 Å². The monoisotopic (exact) mass is 268 g/mol. The first-order chi connectivity index (χ1) is 9.00. The Bertz CT molecular complexity index is 307. The number of hydrogen-bond acceptors (Lipinski definition) is 3. The number of ether oxygens (including phenoxy) is 1. The molecule has 0 bridgehead atoms. The van der Waals surface area contributed by atoms with E-state index in [0.717, 1.165) is 32.8 Å². The third-order valence-corrected chi connectivity index (χ3v) is 4.72. The molecular weight excluding hydrogens is 240 g/mol. The Balaban J connectivity index is 1.77. The lowest BCUT2D eigenvalue weighted by Crippen LogP contribution is -2.51. The van der Waals surface area contributed by atoms with Crippen molar-refractivity contribution in [2.45, 2.75) is 46.1 Å². The van der Waals surface area contributed by atoms with Gasteiger partial charge < -0.3 is 10.1 Å². The highest BCUT2D eigenvalue weighted by Gasteiger charge is 2.40. The fourth-order valence-electron chi connectivity index (χ4n) is 2.94. The average molecular weight is 268 g/mol. The van der Waals surface area contributed by atoms with Crippen LogP contribution in [0.2, 0.25) is 0 Å². The number of morpholine rings is 1. The highest BCUT2D eigenvalue weighted by atomic mass is 16.5. The van der Waals surface area contributed by atoms with Crippen LogP contribution in [0, 0.1) is 11.3 Å². The van der Waals surface area contributed by atoms with Gasteiger partial charge in [0.15, 0.2) is 0 Å². The molecule has 2 aliphatic rings. The van der Waals surface area contributed by atoms with E-state index in [1.807, 2.05) is 0 Å². The average Bonchev–Trinajstić information content (AvgIpc) is 2.26. The van der Waals surface area contributed by atoms with Gasteiger partial charge in [-0.1, -0.05) is 20.3 Å². The quantitative estimate of drug-likeness (QED) is 0.824. The SMILES string of the molecule is C[C@@H](CN1CCOCC1)NC(=O)C(C)(C)C1CCC1. The molecular formula is C15H28N2O2. The van der Waals surface area contributed by atoms with Crippen LogP contribution in [-0.2, 0) is 9.53 Å². The Morgan fingerprint density at radius 1 is 1.37 bits per heavy atom. The van der Waals surface area contributed by atoms with E-state index in [1.54, 1.807) is 0 Å². The number of rotatable bonds is 5. The van der Waals surface area contributed by atoms with Crippen molar-refractivity contribution < 1.29 is 9.53 Å². The maximum absolute atomic E-state index is 12.4. The van der Waals surface area contributed by atoms with Gasteiger partial charge in [0.05, 0.1) is 13.2 Å². The molecule has 0 aromatic rings. The van der Waals surface area contributed by atoms with Crippen molar-refractivity contribution in [3.05, 3.63) is 0 Å². The summed E-state index contributed by atoms with van der Waals surface area (Å²) in [5.41, 5.74) is -0.211. The van der Waals surface area contributed by atoms with Crippen LogP contribution in [0.5, 0.6) is 0 Å². The molecule has 4 nitrogen and oxygen atoms in total. The van der Waals surface area contributed by atoms with Crippen molar-refractivity contribution in [2.24, 2.45) is 11.3 Å². The molecule has 0 aromatic carbocycles. The van der Waals surface area contributed by atoms with Crippen LogP contribution in [0.15, 0.2) is 0 Å². The van der Waals surface area contributed by atoms with Gasteiger partial charge in [-0.2, -0.15) is 0 Å². The molecule has 0 spiro atoms. The molecule has 110 valence electrons. The fraction of sp³-hybridized carbons (Fsp3) is 0.933. The van der Waals surface area contributed by atoms with Gasteiger partial charge in [-0.3, -0.25) is 9.69 Å². The molecule has 1 saturated heterocycles. The molecule has 19 heavy (non-hydrogen) atoms. The summed E-state index contributed by atoms with van der Waals surface area (Å²) in [7, 11) is 0. The zero-order valence-corrected chi connectivity index (χ0v) is 12.6. The van der Waals surface area contributed by atoms with Crippen molar-refractivity contribution in [3.63, 3.8) is 0 Å². The first-order valence-corrected chi connectivity index (χ1v) is 7.61. The predicted molar refractivity (Wildman–Crippen MR) is 76.0 cm³/mol. The Kier molecular flexibility index (Phi) is 4.85. The second-order valence-corrected chi connectivity index (χ2v) is 6.64. The highest BCUT2D eigenvalue weighted by Crippen LogP contribution is 2.41. The molecule has 1 amide bonds. The number of nitrogens with zero attached hydrogens (tertiary/aromatic N) is 1. The third-order valence-electron chi connectivity index (χ3n) is 4.72. The van der Waals surface area contributed by atoms with E-state index in [1.165, 1.54) is 19.3 Å². The van der Waals surface area contributed by atoms with Crippen molar-refractivity contribution in [1.29, 1.82) is 0 Å². The van der Waals surface area contributed by atoms with Gasteiger partial charge in [0, 0.05) is 31.1 Å². The van der Waals surface area contributed by atoms with Crippen LogP contribution in [0.25, 0.3) is 0 Å². The Morgan fingerprint density at radius 2 is 2.00 bits per heavy atom. The zero-order valence-electron chi connectivity index (χ0n) is 12.6. The minimum absolute atomic E-state index is 0.211. The zero-order chi connectivity index (χ0) is 13.9. The number of carbonyl (C=O) groups excluding carboxylic acids is 1. The van der Waals surface area contributed by atoms with Gasteiger partial charge in [-0.25, -0.2) is 0 Å². The van der Waals surface area contributed by atoms with Crippen molar-refractivity contribution >= 4 is 5.91 Å². The minimum atomic E-state index is -0.211. The summed E-state index contributed by atoms with van der Waals surface area (Å²) in [6.07, 6.45) is 3.70. The van der Waals surface area contributed by atoms with Crippen LogP contribution < -0.4 is 5.32 Å². The minimum Gasteiger partial charge on any atom is -0.379 e. The molecule has 1 saturated carbocycles. The predicted octanol–water partition coefficient (Wildman–Crippen LogP) is 1.65. The molecule has 0 aromatic heterocycles. The van der Waals surface area contributed by atoms with E-state index in [2.05, 4.69) is 31.0 Å². The van der Waals surface area contributed by atoms with Crippen LogP contribution in [-0.4, -0.2) is 49.7 Å². The maximum atomic E-state index is 12.4. The molecule has 1 N–H and O–H groups in total. The summed E-state index contributed by atoms with van der Waals surface area (Å²) >= 11 is 0.